The molecule has 1 aromatic rings. The lowest BCUT2D eigenvalue weighted by atomic mass is 10.1. The van der Waals surface area contributed by atoms with Crippen molar-refractivity contribution < 1.29 is 14.3 Å². The van der Waals surface area contributed by atoms with Gasteiger partial charge in [-0.05, 0) is 44.0 Å². The van der Waals surface area contributed by atoms with Crippen LogP contribution in [0, 0.1) is 11.2 Å². The molecule has 1 aromatic carbocycles. The van der Waals surface area contributed by atoms with Crippen molar-refractivity contribution in [1.29, 1.82) is 0 Å². The van der Waals surface area contributed by atoms with Gasteiger partial charge in [-0.3, -0.25) is 4.79 Å². The Morgan fingerprint density at radius 2 is 2.22 bits per heavy atom. The van der Waals surface area contributed by atoms with Crippen molar-refractivity contribution >= 4 is 5.97 Å². The van der Waals surface area contributed by atoms with Gasteiger partial charge in [0.2, 0.25) is 0 Å². The van der Waals surface area contributed by atoms with Gasteiger partial charge < -0.3 is 10.0 Å². The van der Waals surface area contributed by atoms with E-state index < -0.39 is 11.4 Å². The summed E-state index contributed by atoms with van der Waals surface area (Å²) in [6, 6.07) is 6.54. The van der Waals surface area contributed by atoms with Gasteiger partial charge in [0.1, 0.15) is 5.82 Å². The third kappa shape index (κ3) is 3.07. The maximum Gasteiger partial charge on any atom is 0.310 e. The molecule has 0 radical (unpaired) electrons. The Morgan fingerprint density at radius 3 is 2.78 bits per heavy atom. The minimum Gasteiger partial charge on any atom is -0.481 e. The van der Waals surface area contributed by atoms with E-state index >= 15 is 0 Å². The highest BCUT2D eigenvalue weighted by Crippen LogP contribution is 2.46. The Labute approximate surface area is 106 Å². The number of likely N-dealkylation sites (N-methyl/N-ethyl adjacent to an activating group) is 1. The van der Waals surface area contributed by atoms with Crippen molar-refractivity contribution in [3.63, 3.8) is 0 Å². The maximum atomic E-state index is 13.0. The summed E-state index contributed by atoms with van der Waals surface area (Å²) in [5, 5.41) is 9.10. The van der Waals surface area contributed by atoms with Crippen LogP contribution in [0.3, 0.4) is 0 Å². The van der Waals surface area contributed by atoms with Crippen molar-refractivity contribution in [2.24, 2.45) is 5.41 Å². The number of halogens is 1. The summed E-state index contributed by atoms with van der Waals surface area (Å²) in [4.78, 5) is 13.1. The van der Waals surface area contributed by atoms with Crippen LogP contribution in [-0.4, -0.2) is 36.1 Å². The Balaban J connectivity index is 1.82. The predicted octanol–water partition coefficient (Wildman–Crippen LogP) is 2.16. The fourth-order valence-electron chi connectivity index (χ4n) is 2.20. The zero-order valence-electron chi connectivity index (χ0n) is 10.5. The quantitative estimate of drug-likeness (QED) is 0.842. The second-order valence-electron chi connectivity index (χ2n) is 5.20. The fourth-order valence-corrected chi connectivity index (χ4v) is 2.20. The number of benzene rings is 1. The normalized spacial score (nSPS) is 16.8. The van der Waals surface area contributed by atoms with Crippen LogP contribution in [0.15, 0.2) is 24.3 Å². The topological polar surface area (TPSA) is 40.5 Å². The van der Waals surface area contributed by atoms with Crippen molar-refractivity contribution in [2.45, 2.75) is 19.3 Å². The number of carbonyl (C=O) groups is 1. The maximum absolute atomic E-state index is 13.0. The Hall–Kier alpha value is -1.42. The van der Waals surface area contributed by atoms with E-state index in [1.165, 1.54) is 12.1 Å². The standard InChI is InChI=1S/C14H18FNO2/c1-16(10-14(6-7-14)13(17)18)8-5-11-3-2-4-12(15)9-11/h2-4,9H,5-8,10H2,1H3,(H,17,18). The molecule has 1 aliphatic carbocycles. The van der Waals surface area contributed by atoms with E-state index in [1.807, 2.05) is 18.0 Å². The summed E-state index contributed by atoms with van der Waals surface area (Å²) < 4.78 is 13.0. The van der Waals surface area contributed by atoms with Crippen molar-refractivity contribution in [2.75, 3.05) is 20.1 Å². The molecule has 1 aliphatic rings. The molecular formula is C14H18FNO2. The van der Waals surface area contributed by atoms with E-state index in [-0.39, 0.29) is 5.82 Å². The number of hydrogen-bond acceptors (Lipinski definition) is 2. The SMILES string of the molecule is CN(CCc1cccc(F)c1)CC1(C(=O)O)CC1. The number of carboxylic acids is 1. The molecule has 0 unspecified atom stereocenters. The lowest BCUT2D eigenvalue weighted by Gasteiger charge is -2.20. The van der Waals surface area contributed by atoms with Gasteiger partial charge in [-0.25, -0.2) is 4.39 Å². The summed E-state index contributed by atoms with van der Waals surface area (Å²) in [5.74, 6) is -0.917. The molecule has 2 rings (SSSR count). The van der Waals surface area contributed by atoms with Gasteiger partial charge in [-0.15, -0.1) is 0 Å². The Bertz CT molecular complexity index is 443. The van der Waals surface area contributed by atoms with Crippen molar-refractivity contribution in [3.05, 3.63) is 35.6 Å². The van der Waals surface area contributed by atoms with Gasteiger partial charge in [0, 0.05) is 13.1 Å². The van der Waals surface area contributed by atoms with Gasteiger partial charge in [0.05, 0.1) is 5.41 Å². The van der Waals surface area contributed by atoms with Gasteiger partial charge in [-0.1, -0.05) is 12.1 Å². The fraction of sp³-hybridized carbons (Fsp3) is 0.500. The molecule has 4 heteroatoms. The van der Waals surface area contributed by atoms with E-state index in [0.29, 0.717) is 6.54 Å². The zero-order valence-corrected chi connectivity index (χ0v) is 10.5. The molecule has 3 nitrogen and oxygen atoms in total. The first-order chi connectivity index (χ1) is 8.52. The van der Waals surface area contributed by atoms with E-state index in [9.17, 15) is 9.18 Å². The monoisotopic (exact) mass is 251 g/mol. The first-order valence-electron chi connectivity index (χ1n) is 6.18. The summed E-state index contributed by atoms with van der Waals surface area (Å²) in [5.41, 5.74) is 0.429. The number of aliphatic carboxylic acids is 1. The van der Waals surface area contributed by atoms with Gasteiger partial charge >= 0.3 is 5.97 Å². The molecule has 0 aliphatic heterocycles. The molecule has 1 saturated carbocycles. The lowest BCUT2D eigenvalue weighted by Crippen LogP contribution is -2.33. The molecule has 0 atom stereocenters. The molecule has 1 fully saturated rings. The summed E-state index contributed by atoms with van der Waals surface area (Å²) >= 11 is 0. The van der Waals surface area contributed by atoms with Crippen LogP contribution >= 0.6 is 0 Å². The predicted molar refractivity (Wildman–Crippen MR) is 66.9 cm³/mol. The van der Waals surface area contributed by atoms with E-state index in [4.69, 9.17) is 5.11 Å². The lowest BCUT2D eigenvalue weighted by molar-refractivity contribution is -0.144. The molecule has 0 heterocycles. The van der Waals surface area contributed by atoms with Gasteiger partial charge in [-0.2, -0.15) is 0 Å². The average molecular weight is 251 g/mol. The number of nitrogens with zero attached hydrogens (tertiary/aromatic N) is 1. The third-order valence-electron chi connectivity index (χ3n) is 3.55. The van der Waals surface area contributed by atoms with Gasteiger partial charge in [0.15, 0.2) is 0 Å². The molecule has 0 amide bonds. The number of rotatable bonds is 6. The van der Waals surface area contributed by atoms with Crippen LogP contribution in [0.5, 0.6) is 0 Å². The number of hydrogen-bond donors (Lipinski definition) is 1. The molecule has 18 heavy (non-hydrogen) atoms. The van der Waals surface area contributed by atoms with Crippen LogP contribution in [0.4, 0.5) is 4.39 Å². The average Bonchev–Trinajstić information content (AvgIpc) is 3.08. The molecule has 98 valence electrons. The smallest absolute Gasteiger partial charge is 0.310 e. The van der Waals surface area contributed by atoms with Crippen molar-refractivity contribution in [3.8, 4) is 0 Å². The molecule has 0 aromatic heterocycles. The van der Waals surface area contributed by atoms with Crippen LogP contribution in [0.25, 0.3) is 0 Å². The molecule has 1 N–H and O–H groups in total. The van der Waals surface area contributed by atoms with E-state index in [0.717, 1.165) is 31.4 Å². The third-order valence-corrected chi connectivity index (χ3v) is 3.55. The Morgan fingerprint density at radius 1 is 1.50 bits per heavy atom. The second kappa shape index (κ2) is 5.06. The summed E-state index contributed by atoms with van der Waals surface area (Å²) in [7, 11) is 1.92. The summed E-state index contributed by atoms with van der Waals surface area (Å²) in [6.07, 6.45) is 2.28. The first-order valence-corrected chi connectivity index (χ1v) is 6.18. The Kier molecular flexibility index (Phi) is 3.66. The van der Waals surface area contributed by atoms with Crippen molar-refractivity contribution in [1.82, 2.24) is 4.90 Å². The largest absolute Gasteiger partial charge is 0.481 e. The summed E-state index contributed by atoms with van der Waals surface area (Å²) in [6.45, 7) is 1.33. The molecule has 0 spiro atoms. The minimum absolute atomic E-state index is 0.223. The van der Waals surface area contributed by atoms with Crippen LogP contribution in [-0.2, 0) is 11.2 Å². The highest BCUT2D eigenvalue weighted by Gasteiger charge is 2.50. The van der Waals surface area contributed by atoms with Gasteiger partial charge in [0.25, 0.3) is 0 Å². The minimum atomic E-state index is -0.694. The number of carboxylic acid groups (broad SMARTS) is 1. The van der Waals surface area contributed by atoms with Crippen LogP contribution in [0.2, 0.25) is 0 Å². The molecule has 0 bridgehead atoms. The van der Waals surface area contributed by atoms with E-state index in [2.05, 4.69) is 0 Å². The highest BCUT2D eigenvalue weighted by molar-refractivity contribution is 5.78. The van der Waals surface area contributed by atoms with Crippen LogP contribution in [0.1, 0.15) is 18.4 Å². The first kappa shape index (κ1) is 13.0. The van der Waals surface area contributed by atoms with E-state index in [1.54, 1.807) is 6.07 Å². The molecular weight excluding hydrogens is 233 g/mol. The zero-order chi connectivity index (χ0) is 13.2. The molecule has 0 saturated heterocycles. The van der Waals surface area contributed by atoms with Crippen LogP contribution < -0.4 is 0 Å². The highest BCUT2D eigenvalue weighted by atomic mass is 19.1. The second-order valence-corrected chi connectivity index (χ2v) is 5.20.